The number of nitrogens with one attached hydrogen (secondary N) is 2. The number of rotatable bonds is 12. The summed E-state index contributed by atoms with van der Waals surface area (Å²) >= 11 is 0.760. The molecule has 0 aliphatic carbocycles. The number of hydrogen-bond donors (Lipinski definition) is 9. The molecule has 280 valence electrons. The molecule has 3 heterocycles. The zero-order valence-corrected chi connectivity index (χ0v) is 28.3. The molecule has 1 aromatic carbocycles. The number of nitrogens with two attached hydrogens (primary N) is 2. The number of hydrogen-bond acceptors (Lipinski definition) is 16. The van der Waals surface area contributed by atoms with Gasteiger partial charge in [-0.05, 0) is 31.2 Å². The van der Waals surface area contributed by atoms with Crippen LogP contribution in [-0.4, -0.2) is 128 Å². The van der Waals surface area contributed by atoms with E-state index in [1.165, 1.54) is 39.4 Å². The number of aliphatic hydroxyl groups is 5. The van der Waals surface area contributed by atoms with Gasteiger partial charge in [-0.25, -0.2) is 18.2 Å². The van der Waals surface area contributed by atoms with E-state index in [2.05, 4.69) is 25.7 Å². The summed E-state index contributed by atoms with van der Waals surface area (Å²) in [6.07, 6.45) is -5.46. The zero-order valence-electron chi connectivity index (χ0n) is 27.5. The first-order chi connectivity index (χ1) is 24.2. The van der Waals surface area contributed by atoms with E-state index < -0.39 is 89.7 Å². The number of carbonyl (C=O) groups excluding carboxylic acids is 1. The highest BCUT2D eigenvalue weighted by molar-refractivity contribution is 8.00. The summed E-state index contributed by atoms with van der Waals surface area (Å²) in [6, 6.07) is 2.02. The minimum atomic E-state index is -1.67. The Kier molecular flexibility index (Phi) is 13.8. The van der Waals surface area contributed by atoms with E-state index in [1.54, 1.807) is 6.07 Å². The molecule has 2 fully saturated rings. The van der Waals surface area contributed by atoms with E-state index in [-0.39, 0.29) is 28.7 Å². The average Bonchev–Trinajstić information content (AvgIpc) is 3.09. The molecule has 51 heavy (non-hydrogen) atoms. The second kappa shape index (κ2) is 17.6. The third kappa shape index (κ3) is 9.33. The predicted octanol–water partition coefficient (Wildman–Crippen LogP) is -0.871. The van der Waals surface area contributed by atoms with Crippen LogP contribution in [0, 0.1) is 17.5 Å². The second-order valence-corrected chi connectivity index (χ2v) is 12.9. The molecular weight excluding hydrogens is 703 g/mol. The molecule has 0 spiro atoms. The number of hydrazone groups is 1. The summed E-state index contributed by atoms with van der Waals surface area (Å²) in [5, 5.41) is 63.3. The molecule has 2 aliphatic heterocycles. The Morgan fingerprint density at radius 2 is 1.78 bits per heavy atom. The standard InChI is InChI=1S/C31H40F3N7O9S/c1-12(43)28-29(48-3)24(38-9-18(35)15-6-16(32)22(34)17(33)7-15)27(47)31(50-28)51-30-26(46)23(25(45)20(11-42)49-30)39-10-19(41-36)14-4-5-21(37-8-14)40-13(2)44/h4-10,12,20,23-31,38,42-43,45-47H,11,35-36H2,1-3H3,(H,37,40,44)/b18-9-,39-10?,41-19?/t12?,20-,23?,24?,25?,26-,27?,28?,29-,30+,31?/m1/s1. The lowest BCUT2D eigenvalue weighted by Crippen LogP contribution is -2.65. The Morgan fingerprint density at radius 3 is 2.33 bits per heavy atom. The summed E-state index contributed by atoms with van der Waals surface area (Å²) in [7, 11) is 1.30. The lowest BCUT2D eigenvalue weighted by atomic mass is 9.94. The van der Waals surface area contributed by atoms with Crippen molar-refractivity contribution in [3.63, 3.8) is 0 Å². The van der Waals surface area contributed by atoms with Crippen molar-refractivity contribution in [3.05, 3.63) is 65.2 Å². The predicted molar refractivity (Wildman–Crippen MR) is 179 cm³/mol. The number of nitrogens with zero attached hydrogens (tertiary/aromatic N) is 3. The van der Waals surface area contributed by atoms with Crippen LogP contribution in [0.25, 0.3) is 5.70 Å². The molecule has 2 saturated heterocycles. The molecule has 0 bridgehead atoms. The van der Waals surface area contributed by atoms with Gasteiger partial charge in [0, 0.05) is 43.8 Å². The van der Waals surface area contributed by atoms with Gasteiger partial charge in [-0.15, -0.1) is 0 Å². The van der Waals surface area contributed by atoms with Crippen LogP contribution >= 0.6 is 11.8 Å². The van der Waals surface area contributed by atoms with Crippen molar-refractivity contribution in [2.45, 2.75) is 79.5 Å². The number of benzene rings is 1. The lowest BCUT2D eigenvalue weighted by Gasteiger charge is -2.47. The first-order valence-electron chi connectivity index (χ1n) is 15.4. The monoisotopic (exact) mass is 743 g/mol. The SMILES string of the molecule is CO[C@@H]1C(N/C=C(\N)c2cc(F)c(F)c(F)c2)C(O)C(S[C@@H]2O[C@H](CO)C(O)C(N=CC(=NN)c3ccc(NC(C)=O)nc3)[C@H]2O)OC1C(C)O. The van der Waals surface area contributed by atoms with E-state index in [0.717, 1.165) is 18.0 Å². The number of pyridine rings is 1. The second-order valence-electron chi connectivity index (χ2n) is 11.7. The highest BCUT2D eigenvalue weighted by Crippen LogP contribution is 2.38. The summed E-state index contributed by atoms with van der Waals surface area (Å²) in [6.45, 7) is 2.05. The normalized spacial score (nSPS) is 31.0. The molecule has 0 saturated carbocycles. The summed E-state index contributed by atoms with van der Waals surface area (Å²) in [4.78, 5) is 19.7. The van der Waals surface area contributed by atoms with E-state index in [4.69, 9.17) is 25.8 Å². The minimum Gasteiger partial charge on any atom is -0.397 e. The molecule has 4 rings (SSSR count). The van der Waals surface area contributed by atoms with Gasteiger partial charge in [-0.1, -0.05) is 11.8 Å². The zero-order chi connectivity index (χ0) is 37.6. The van der Waals surface area contributed by atoms with Crippen LogP contribution in [0.1, 0.15) is 25.0 Å². The molecule has 2 aliphatic rings. The fraction of sp³-hybridized carbons (Fsp3) is 0.484. The topological polar surface area (TPSA) is 260 Å². The van der Waals surface area contributed by atoms with Crippen molar-refractivity contribution in [2.24, 2.45) is 21.7 Å². The maximum absolute atomic E-state index is 13.8. The van der Waals surface area contributed by atoms with Crippen LogP contribution < -0.4 is 22.2 Å². The largest absolute Gasteiger partial charge is 0.397 e. The third-order valence-electron chi connectivity index (χ3n) is 8.10. The maximum atomic E-state index is 13.8. The Bertz CT molecular complexity index is 1580. The van der Waals surface area contributed by atoms with Crippen LogP contribution in [0.2, 0.25) is 0 Å². The smallest absolute Gasteiger partial charge is 0.222 e. The summed E-state index contributed by atoms with van der Waals surface area (Å²) in [5.41, 5.74) is 3.49. The van der Waals surface area contributed by atoms with Gasteiger partial charge >= 0.3 is 0 Å². The average molecular weight is 744 g/mol. The van der Waals surface area contributed by atoms with Gasteiger partial charge in [-0.3, -0.25) is 9.79 Å². The van der Waals surface area contributed by atoms with Crippen molar-refractivity contribution in [3.8, 4) is 0 Å². The number of anilines is 1. The first kappa shape index (κ1) is 39.9. The minimum absolute atomic E-state index is 0.0938. The number of halogens is 3. The maximum Gasteiger partial charge on any atom is 0.222 e. The van der Waals surface area contributed by atoms with Crippen molar-refractivity contribution < 1.29 is 57.7 Å². The van der Waals surface area contributed by atoms with Gasteiger partial charge < -0.3 is 62.0 Å². The number of aliphatic imine (C=N–C) groups is 1. The molecule has 20 heteroatoms. The van der Waals surface area contributed by atoms with Gasteiger partial charge in [0.15, 0.2) is 17.5 Å². The van der Waals surface area contributed by atoms with Crippen molar-refractivity contribution in [1.29, 1.82) is 0 Å². The number of aromatic nitrogens is 1. The molecule has 0 radical (unpaired) electrons. The number of thioether (sulfide) groups is 1. The highest BCUT2D eigenvalue weighted by Gasteiger charge is 2.51. The summed E-state index contributed by atoms with van der Waals surface area (Å²) in [5.74, 6) is 0.912. The molecule has 1 amide bonds. The van der Waals surface area contributed by atoms with E-state index >= 15 is 0 Å². The van der Waals surface area contributed by atoms with Crippen LogP contribution in [-0.2, 0) is 19.0 Å². The van der Waals surface area contributed by atoms with Crippen LogP contribution in [0.4, 0.5) is 19.0 Å². The Morgan fingerprint density at radius 1 is 1.12 bits per heavy atom. The van der Waals surface area contributed by atoms with Gasteiger partial charge in [-0.2, -0.15) is 5.10 Å². The number of carbonyl (C=O) groups is 1. The van der Waals surface area contributed by atoms with Crippen molar-refractivity contribution in [1.82, 2.24) is 10.3 Å². The van der Waals surface area contributed by atoms with Gasteiger partial charge in [0.1, 0.15) is 65.1 Å². The fourth-order valence-corrected chi connectivity index (χ4v) is 6.79. The summed E-state index contributed by atoms with van der Waals surface area (Å²) < 4.78 is 58.4. The van der Waals surface area contributed by atoms with Crippen molar-refractivity contribution in [2.75, 3.05) is 19.0 Å². The van der Waals surface area contributed by atoms with E-state index in [9.17, 15) is 43.5 Å². The van der Waals surface area contributed by atoms with E-state index in [1.807, 2.05) is 0 Å². The third-order valence-corrected chi connectivity index (χ3v) is 9.42. The molecule has 1 aromatic heterocycles. The Labute approximate surface area is 294 Å². The number of amides is 1. The Balaban J connectivity index is 1.56. The molecule has 11 atom stereocenters. The fourth-order valence-electron chi connectivity index (χ4n) is 5.47. The number of methoxy groups -OCH3 is 1. The molecule has 7 unspecified atom stereocenters. The highest BCUT2D eigenvalue weighted by atomic mass is 32.2. The van der Waals surface area contributed by atoms with Gasteiger partial charge in [0.25, 0.3) is 0 Å². The Hall–Kier alpha value is -3.86. The molecule has 2 aromatic rings. The number of aliphatic hydroxyl groups excluding tert-OH is 5. The van der Waals surface area contributed by atoms with Crippen LogP contribution in [0.15, 0.2) is 46.8 Å². The van der Waals surface area contributed by atoms with Crippen LogP contribution in [0.3, 0.4) is 0 Å². The lowest BCUT2D eigenvalue weighted by molar-refractivity contribution is -0.193. The van der Waals surface area contributed by atoms with Crippen LogP contribution in [0.5, 0.6) is 0 Å². The van der Waals surface area contributed by atoms with E-state index in [0.29, 0.717) is 17.7 Å². The quantitative estimate of drug-likeness (QED) is 0.0555. The van der Waals surface area contributed by atoms with Crippen molar-refractivity contribution >= 4 is 41.1 Å². The van der Waals surface area contributed by atoms with Gasteiger partial charge in [0.05, 0.1) is 24.4 Å². The molecule has 16 nitrogen and oxygen atoms in total. The first-order valence-corrected chi connectivity index (χ1v) is 16.4. The van der Waals surface area contributed by atoms with Gasteiger partial charge in [0.2, 0.25) is 5.91 Å². The molecule has 11 N–H and O–H groups in total. The number of ether oxygens (including phenoxy) is 3. The molecular formula is C31H40F3N7O9S.